The zero-order valence-corrected chi connectivity index (χ0v) is 16.1. The van der Waals surface area contributed by atoms with Crippen LogP contribution in [0, 0.1) is 12.7 Å². The summed E-state index contributed by atoms with van der Waals surface area (Å²) in [6, 6.07) is 7.55. The van der Waals surface area contributed by atoms with Gasteiger partial charge in [-0.25, -0.2) is 4.39 Å². The molecule has 0 saturated carbocycles. The molecule has 11 heteroatoms. The first-order valence-electron chi connectivity index (χ1n) is 8.01. The van der Waals surface area contributed by atoms with Gasteiger partial charge in [0.05, 0.1) is 16.7 Å². The summed E-state index contributed by atoms with van der Waals surface area (Å²) in [5.74, 6) is -0.721. The van der Waals surface area contributed by atoms with E-state index in [4.69, 9.17) is 0 Å². The maximum Gasteiger partial charge on any atom is 0.436 e. The normalized spacial score (nSPS) is 11.6. The molecule has 0 aliphatic rings. The van der Waals surface area contributed by atoms with Crippen molar-refractivity contribution in [1.82, 2.24) is 19.6 Å². The Morgan fingerprint density at radius 1 is 1.25 bits per heavy atom. The number of amides is 1. The maximum absolute atomic E-state index is 13.2. The van der Waals surface area contributed by atoms with Gasteiger partial charge in [0.2, 0.25) is 5.91 Å². The minimum absolute atomic E-state index is 0.180. The van der Waals surface area contributed by atoms with Crippen molar-refractivity contribution in [2.75, 3.05) is 5.32 Å². The van der Waals surface area contributed by atoms with E-state index in [9.17, 15) is 22.4 Å². The van der Waals surface area contributed by atoms with Crippen LogP contribution in [0.25, 0.3) is 0 Å². The van der Waals surface area contributed by atoms with Crippen LogP contribution < -0.4 is 5.32 Å². The van der Waals surface area contributed by atoms with Gasteiger partial charge in [0.25, 0.3) is 0 Å². The van der Waals surface area contributed by atoms with Gasteiger partial charge in [0.15, 0.2) is 11.5 Å². The lowest BCUT2D eigenvalue weighted by Crippen LogP contribution is -2.21. The minimum Gasteiger partial charge on any atom is -0.308 e. The number of anilines is 1. The molecule has 2 heterocycles. The number of rotatable bonds is 5. The lowest BCUT2D eigenvalue weighted by molar-refractivity contribution is -0.142. The third-order valence-corrected chi connectivity index (χ3v) is 4.79. The Morgan fingerprint density at radius 3 is 2.64 bits per heavy atom. The van der Waals surface area contributed by atoms with Crippen LogP contribution >= 0.6 is 15.9 Å². The van der Waals surface area contributed by atoms with Gasteiger partial charge in [0.1, 0.15) is 12.4 Å². The van der Waals surface area contributed by atoms with Crippen molar-refractivity contribution in [3.63, 3.8) is 0 Å². The number of hydrogen-bond donors (Lipinski definition) is 1. The molecule has 1 N–H and O–H groups in total. The van der Waals surface area contributed by atoms with E-state index >= 15 is 0 Å². The fourth-order valence-electron chi connectivity index (χ4n) is 2.52. The Morgan fingerprint density at radius 2 is 2.00 bits per heavy atom. The molecule has 2 aromatic heterocycles. The summed E-state index contributed by atoms with van der Waals surface area (Å²) < 4.78 is 54.2. The van der Waals surface area contributed by atoms with Crippen molar-refractivity contribution >= 4 is 27.7 Å². The number of nitrogens with one attached hydrogen (secondary N) is 1. The van der Waals surface area contributed by atoms with Gasteiger partial charge in [-0.1, -0.05) is 12.1 Å². The highest BCUT2D eigenvalue weighted by Crippen LogP contribution is 2.35. The van der Waals surface area contributed by atoms with E-state index in [1.54, 1.807) is 18.3 Å². The smallest absolute Gasteiger partial charge is 0.308 e. The summed E-state index contributed by atoms with van der Waals surface area (Å²) in [6.45, 7) is 1.32. The summed E-state index contributed by atoms with van der Waals surface area (Å²) in [4.78, 5) is 12.1. The van der Waals surface area contributed by atoms with Gasteiger partial charge in [-0.3, -0.25) is 14.2 Å². The van der Waals surface area contributed by atoms with Crippen molar-refractivity contribution in [3.05, 3.63) is 63.8 Å². The second kappa shape index (κ2) is 7.74. The van der Waals surface area contributed by atoms with Crippen molar-refractivity contribution < 1.29 is 22.4 Å². The van der Waals surface area contributed by atoms with Crippen molar-refractivity contribution in [2.24, 2.45) is 0 Å². The highest BCUT2D eigenvalue weighted by atomic mass is 79.9. The van der Waals surface area contributed by atoms with Gasteiger partial charge in [-0.2, -0.15) is 23.4 Å². The van der Waals surface area contributed by atoms with E-state index in [0.717, 1.165) is 4.68 Å². The molecular weight excluding hydrogens is 446 g/mol. The molecule has 148 valence electrons. The lowest BCUT2D eigenvalue weighted by Gasteiger charge is -2.05. The van der Waals surface area contributed by atoms with E-state index < -0.39 is 24.3 Å². The van der Waals surface area contributed by atoms with Crippen LogP contribution in [0.3, 0.4) is 0 Å². The molecule has 0 aliphatic carbocycles. The zero-order chi connectivity index (χ0) is 20.5. The molecule has 3 aromatic rings. The SMILES string of the molecule is Cc1c(Br)c(C(F)(F)F)nn1CC(=O)Nc1ccn(Cc2cccc(F)c2)n1. The fraction of sp³-hybridized carbons (Fsp3) is 0.235. The molecule has 0 unspecified atom stereocenters. The van der Waals surface area contributed by atoms with Crippen LogP contribution in [-0.4, -0.2) is 25.5 Å². The number of benzene rings is 1. The summed E-state index contributed by atoms with van der Waals surface area (Å²) in [5.41, 5.74) is -0.214. The van der Waals surface area contributed by atoms with Crippen LogP contribution in [0.5, 0.6) is 0 Å². The molecule has 0 radical (unpaired) electrons. The Bertz CT molecular complexity index is 1010. The first-order chi connectivity index (χ1) is 13.1. The maximum atomic E-state index is 13.2. The third-order valence-electron chi connectivity index (χ3n) is 3.84. The van der Waals surface area contributed by atoms with Crippen LogP contribution in [0.15, 0.2) is 41.0 Å². The number of halogens is 5. The van der Waals surface area contributed by atoms with Gasteiger partial charge in [0, 0.05) is 12.3 Å². The van der Waals surface area contributed by atoms with Crippen LogP contribution in [0.4, 0.5) is 23.4 Å². The van der Waals surface area contributed by atoms with Crippen LogP contribution in [-0.2, 0) is 24.1 Å². The van der Waals surface area contributed by atoms with Crippen molar-refractivity contribution in [1.29, 1.82) is 0 Å². The molecule has 28 heavy (non-hydrogen) atoms. The van der Waals surface area contributed by atoms with Gasteiger partial charge in [-0.05, 0) is 40.5 Å². The molecule has 0 spiro atoms. The summed E-state index contributed by atoms with van der Waals surface area (Å²) in [6.07, 6.45) is -3.03. The number of nitrogens with zero attached hydrogens (tertiary/aromatic N) is 4. The summed E-state index contributed by atoms with van der Waals surface area (Å²) in [7, 11) is 0. The van der Waals surface area contributed by atoms with E-state index in [1.807, 2.05) is 0 Å². The largest absolute Gasteiger partial charge is 0.436 e. The molecule has 6 nitrogen and oxygen atoms in total. The Labute approximate surface area is 165 Å². The molecule has 0 fully saturated rings. The predicted octanol–water partition coefficient (Wildman–Crippen LogP) is 4.00. The standard InChI is InChI=1S/C17H14BrF4N5O/c1-10-15(18)16(17(20,21)22)25-27(10)9-14(28)23-13-5-6-26(24-13)8-11-3-2-4-12(19)7-11/h2-7H,8-9H2,1H3,(H,23,24,28). The number of carbonyl (C=O) groups is 1. The molecule has 3 rings (SSSR count). The number of carbonyl (C=O) groups excluding carboxylic acids is 1. The summed E-state index contributed by atoms with van der Waals surface area (Å²) in [5, 5.41) is 10.1. The second-order valence-corrected chi connectivity index (χ2v) is 6.77. The third kappa shape index (κ3) is 4.58. The highest BCUT2D eigenvalue weighted by molar-refractivity contribution is 9.10. The monoisotopic (exact) mass is 459 g/mol. The summed E-state index contributed by atoms with van der Waals surface area (Å²) >= 11 is 2.86. The zero-order valence-electron chi connectivity index (χ0n) is 14.5. The molecule has 0 bridgehead atoms. The van der Waals surface area contributed by atoms with E-state index in [1.165, 1.54) is 29.8 Å². The lowest BCUT2D eigenvalue weighted by atomic mass is 10.2. The molecule has 1 aromatic carbocycles. The van der Waals surface area contributed by atoms with E-state index in [-0.39, 0.29) is 21.8 Å². The van der Waals surface area contributed by atoms with Crippen LogP contribution in [0.1, 0.15) is 17.0 Å². The second-order valence-electron chi connectivity index (χ2n) is 5.98. The average molecular weight is 460 g/mol. The first-order valence-corrected chi connectivity index (χ1v) is 8.80. The highest BCUT2D eigenvalue weighted by Gasteiger charge is 2.38. The topological polar surface area (TPSA) is 64.7 Å². The molecule has 0 aliphatic heterocycles. The fourth-order valence-corrected chi connectivity index (χ4v) is 3.03. The quantitative estimate of drug-likeness (QED) is 0.586. The molecular formula is C17H14BrF4N5O. The number of aromatic nitrogens is 4. The Hall–Kier alpha value is -2.69. The van der Waals surface area contributed by atoms with Gasteiger partial charge in [-0.15, -0.1) is 0 Å². The van der Waals surface area contributed by atoms with Gasteiger partial charge < -0.3 is 5.32 Å². The number of alkyl halides is 3. The van der Waals surface area contributed by atoms with Gasteiger partial charge >= 0.3 is 6.18 Å². The van der Waals surface area contributed by atoms with E-state index in [0.29, 0.717) is 12.1 Å². The molecule has 0 atom stereocenters. The molecule has 0 saturated heterocycles. The Balaban J connectivity index is 1.65. The number of hydrogen-bond acceptors (Lipinski definition) is 3. The minimum atomic E-state index is -4.62. The van der Waals surface area contributed by atoms with Crippen molar-refractivity contribution in [2.45, 2.75) is 26.2 Å². The predicted molar refractivity (Wildman–Crippen MR) is 96.0 cm³/mol. The Kier molecular flexibility index (Phi) is 5.54. The van der Waals surface area contributed by atoms with Crippen molar-refractivity contribution in [3.8, 4) is 0 Å². The van der Waals surface area contributed by atoms with E-state index in [2.05, 4.69) is 31.4 Å². The molecule has 1 amide bonds. The van der Waals surface area contributed by atoms with Crippen LogP contribution in [0.2, 0.25) is 0 Å². The first kappa shape index (κ1) is 20.1. The average Bonchev–Trinajstić information content (AvgIpc) is 3.13.